The van der Waals surface area contributed by atoms with E-state index in [1.54, 1.807) is 34.1 Å². The van der Waals surface area contributed by atoms with Crippen LogP contribution in [0.25, 0.3) is 22.0 Å². The number of carbonyl (C=O) groups is 1. The number of nitrogens with one attached hydrogen (secondary N) is 1. The van der Waals surface area contributed by atoms with Crippen LogP contribution in [0.1, 0.15) is 41.9 Å². The fourth-order valence-electron chi connectivity index (χ4n) is 4.18. The number of ether oxygens (including phenoxy) is 1. The molecule has 1 N–H and O–H groups in total. The van der Waals surface area contributed by atoms with Crippen molar-refractivity contribution in [3.05, 3.63) is 77.0 Å². The quantitative estimate of drug-likeness (QED) is 0.310. The van der Waals surface area contributed by atoms with Gasteiger partial charge in [-0.15, -0.1) is 0 Å². The normalized spacial score (nSPS) is 12.0. The second-order valence-corrected chi connectivity index (χ2v) is 9.13. The van der Waals surface area contributed by atoms with Crippen LogP contribution in [-0.4, -0.2) is 47.0 Å². The number of nitrogens with zero attached hydrogens (tertiary/aromatic N) is 4. The number of benzene rings is 2. The Labute approximate surface area is 218 Å². The van der Waals surface area contributed by atoms with Crippen molar-refractivity contribution in [3.8, 4) is 17.0 Å². The largest absolute Gasteiger partial charge is 0.481 e. The minimum Gasteiger partial charge on any atom is -0.481 e. The summed E-state index contributed by atoms with van der Waals surface area (Å²) in [4.78, 5) is 27.2. The minimum absolute atomic E-state index is 0.0896. The van der Waals surface area contributed by atoms with E-state index in [2.05, 4.69) is 20.3 Å². The number of carbonyl (C=O) groups excluding carboxylic acids is 1. The van der Waals surface area contributed by atoms with Crippen LogP contribution in [0, 0.1) is 12.7 Å². The maximum absolute atomic E-state index is 14.8. The molecule has 0 fully saturated rings. The molecule has 2 aromatic heterocycles. The van der Waals surface area contributed by atoms with Crippen molar-refractivity contribution in [3.63, 3.8) is 0 Å². The second-order valence-electron chi connectivity index (χ2n) is 9.13. The van der Waals surface area contributed by atoms with Gasteiger partial charge >= 0.3 is 0 Å². The summed E-state index contributed by atoms with van der Waals surface area (Å²) in [6, 6.07) is 10.8. The summed E-state index contributed by atoms with van der Waals surface area (Å²) in [5.74, 6) is 0.272. The topological polar surface area (TPSA) is 80.2 Å². The Morgan fingerprint density at radius 1 is 1.08 bits per heavy atom. The molecule has 2 aromatic carbocycles. The van der Waals surface area contributed by atoms with Crippen LogP contribution in [0.15, 0.2) is 48.7 Å². The third kappa shape index (κ3) is 5.53. The minimum atomic E-state index is -2.91. The lowest BCUT2D eigenvalue weighted by Gasteiger charge is -2.19. The van der Waals surface area contributed by atoms with Crippen LogP contribution in [0.3, 0.4) is 0 Å². The molecule has 0 aliphatic rings. The zero-order valence-electron chi connectivity index (χ0n) is 21.7. The Morgan fingerprint density at radius 3 is 2.50 bits per heavy atom. The van der Waals surface area contributed by atoms with Crippen LogP contribution in [0.2, 0.25) is 0 Å². The standard InChI is InChI=1S/C28H28F3N5O2/c1-15(20-7-6-8-21(25(20)29)26(30)31)33-27-22-12-17(9-10-23(22)34-16(2)35-27)19-11-18(13-24(37)36(3)4)28(38-5)32-14-19/h6-12,14-15,26H,13H2,1-5H3,(H,33,34,35)/t15-/m1/s1. The van der Waals surface area contributed by atoms with E-state index in [0.717, 1.165) is 17.2 Å². The summed E-state index contributed by atoms with van der Waals surface area (Å²) in [5, 5.41) is 3.83. The highest BCUT2D eigenvalue weighted by Gasteiger charge is 2.21. The SMILES string of the molecule is COc1ncc(-c2ccc3nc(C)nc(N[C@H](C)c4cccc(C(F)F)c4F)c3c2)cc1CC(=O)N(C)C. The van der Waals surface area contributed by atoms with E-state index < -0.39 is 23.8 Å². The van der Waals surface area contributed by atoms with Gasteiger partial charge in [-0.05, 0) is 37.6 Å². The Bertz CT molecular complexity index is 1490. The number of anilines is 1. The molecule has 4 aromatic rings. The molecule has 4 rings (SSSR count). The Balaban J connectivity index is 1.74. The molecule has 0 bridgehead atoms. The first-order valence-electron chi connectivity index (χ1n) is 11.9. The molecule has 198 valence electrons. The van der Waals surface area contributed by atoms with E-state index in [9.17, 15) is 18.0 Å². The molecular weight excluding hydrogens is 495 g/mol. The van der Waals surface area contributed by atoms with Gasteiger partial charge in [0.1, 0.15) is 17.5 Å². The summed E-state index contributed by atoms with van der Waals surface area (Å²) >= 11 is 0. The summed E-state index contributed by atoms with van der Waals surface area (Å²) in [5.41, 5.74) is 2.31. The first-order valence-corrected chi connectivity index (χ1v) is 11.9. The molecule has 0 radical (unpaired) electrons. The highest BCUT2D eigenvalue weighted by Crippen LogP contribution is 2.33. The molecule has 0 saturated heterocycles. The number of rotatable bonds is 8. The lowest BCUT2D eigenvalue weighted by atomic mass is 10.0. The van der Waals surface area contributed by atoms with Crippen molar-refractivity contribution in [2.75, 3.05) is 26.5 Å². The molecule has 7 nitrogen and oxygen atoms in total. The van der Waals surface area contributed by atoms with Gasteiger partial charge in [0.05, 0.1) is 30.7 Å². The summed E-state index contributed by atoms with van der Waals surface area (Å²) in [6.07, 6.45) is -1.14. The van der Waals surface area contributed by atoms with Crippen molar-refractivity contribution >= 4 is 22.6 Å². The average molecular weight is 524 g/mol. The highest BCUT2D eigenvalue weighted by molar-refractivity contribution is 5.93. The number of fused-ring (bicyclic) bond motifs is 1. The zero-order valence-corrected chi connectivity index (χ0v) is 21.7. The van der Waals surface area contributed by atoms with Crippen molar-refractivity contribution < 1.29 is 22.7 Å². The van der Waals surface area contributed by atoms with E-state index in [1.807, 2.05) is 24.3 Å². The molecule has 38 heavy (non-hydrogen) atoms. The van der Waals surface area contributed by atoms with E-state index >= 15 is 0 Å². The lowest BCUT2D eigenvalue weighted by molar-refractivity contribution is -0.128. The smallest absolute Gasteiger partial charge is 0.266 e. The fourth-order valence-corrected chi connectivity index (χ4v) is 4.18. The van der Waals surface area contributed by atoms with Gasteiger partial charge in [-0.2, -0.15) is 0 Å². The van der Waals surface area contributed by atoms with Crippen molar-refractivity contribution in [2.24, 2.45) is 0 Å². The first kappa shape index (κ1) is 26.8. The molecule has 0 unspecified atom stereocenters. The summed E-state index contributed by atoms with van der Waals surface area (Å²) in [7, 11) is 4.87. The number of halogens is 3. The van der Waals surface area contributed by atoms with Crippen LogP contribution in [0.4, 0.5) is 19.0 Å². The van der Waals surface area contributed by atoms with Gasteiger partial charge in [-0.3, -0.25) is 4.79 Å². The van der Waals surface area contributed by atoms with Crippen LogP contribution >= 0.6 is 0 Å². The van der Waals surface area contributed by atoms with E-state index in [4.69, 9.17) is 4.74 Å². The van der Waals surface area contributed by atoms with E-state index in [-0.39, 0.29) is 17.9 Å². The Kier molecular flexibility index (Phi) is 7.80. The molecule has 0 saturated carbocycles. The number of aromatic nitrogens is 3. The van der Waals surface area contributed by atoms with Crippen LogP contribution < -0.4 is 10.1 Å². The maximum Gasteiger partial charge on any atom is 0.266 e. The van der Waals surface area contributed by atoms with Gasteiger partial charge in [0.15, 0.2) is 0 Å². The molecule has 10 heteroatoms. The number of pyridine rings is 1. The predicted molar refractivity (Wildman–Crippen MR) is 140 cm³/mol. The van der Waals surface area contributed by atoms with Crippen LogP contribution in [-0.2, 0) is 11.2 Å². The summed E-state index contributed by atoms with van der Waals surface area (Å²) < 4.78 is 46.6. The number of alkyl halides is 2. The van der Waals surface area contributed by atoms with E-state index in [0.29, 0.717) is 34.0 Å². The monoisotopic (exact) mass is 523 g/mol. The third-order valence-corrected chi connectivity index (χ3v) is 6.21. The maximum atomic E-state index is 14.8. The second kappa shape index (κ2) is 11.0. The molecule has 1 atom stereocenters. The number of amides is 1. The van der Waals surface area contributed by atoms with Crippen molar-refractivity contribution in [1.29, 1.82) is 0 Å². The van der Waals surface area contributed by atoms with Gasteiger partial charge < -0.3 is 15.0 Å². The molecular formula is C28H28F3N5O2. The number of hydrogen-bond donors (Lipinski definition) is 1. The molecule has 1 amide bonds. The Morgan fingerprint density at radius 2 is 1.82 bits per heavy atom. The van der Waals surface area contributed by atoms with Crippen LogP contribution in [0.5, 0.6) is 5.88 Å². The Hall–Kier alpha value is -4.21. The van der Waals surface area contributed by atoms with Gasteiger partial charge in [0.2, 0.25) is 11.8 Å². The van der Waals surface area contributed by atoms with Crippen molar-refractivity contribution in [2.45, 2.75) is 32.7 Å². The average Bonchev–Trinajstić information content (AvgIpc) is 2.88. The third-order valence-electron chi connectivity index (χ3n) is 6.21. The van der Waals surface area contributed by atoms with Crippen molar-refractivity contribution in [1.82, 2.24) is 19.9 Å². The molecule has 0 spiro atoms. The van der Waals surface area contributed by atoms with Gasteiger partial charge in [0, 0.05) is 42.4 Å². The first-order chi connectivity index (χ1) is 18.1. The van der Waals surface area contributed by atoms with Gasteiger partial charge in [0.25, 0.3) is 6.43 Å². The highest BCUT2D eigenvalue weighted by atomic mass is 19.3. The number of aryl methyl sites for hydroxylation is 1. The molecule has 0 aliphatic carbocycles. The predicted octanol–water partition coefficient (Wildman–Crippen LogP) is 5.89. The lowest BCUT2D eigenvalue weighted by Crippen LogP contribution is -2.23. The van der Waals surface area contributed by atoms with Gasteiger partial charge in [-0.25, -0.2) is 28.1 Å². The zero-order chi connectivity index (χ0) is 27.6. The van der Waals surface area contributed by atoms with Gasteiger partial charge in [-0.1, -0.05) is 24.3 Å². The molecule has 2 heterocycles. The molecule has 0 aliphatic heterocycles. The van der Waals surface area contributed by atoms with E-state index in [1.165, 1.54) is 24.1 Å². The number of likely N-dealkylation sites (N-methyl/N-ethyl adjacent to an activating group) is 1. The number of methoxy groups -OCH3 is 1. The fraction of sp³-hybridized carbons (Fsp3) is 0.286. The number of hydrogen-bond acceptors (Lipinski definition) is 6. The summed E-state index contributed by atoms with van der Waals surface area (Å²) in [6.45, 7) is 3.42.